The highest BCUT2D eigenvalue weighted by Gasteiger charge is 2.18. The van der Waals surface area contributed by atoms with Gasteiger partial charge in [-0.25, -0.2) is 4.98 Å². The van der Waals surface area contributed by atoms with E-state index in [0.29, 0.717) is 0 Å². The van der Waals surface area contributed by atoms with Crippen molar-refractivity contribution in [1.82, 2.24) is 4.98 Å². The average Bonchev–Trinajstić information content (AvgIpc) is 2.23. The number of aromatic nitrogens is 1. The van der Waals surface area contributed by atoms with E-state index in [1.807, 2.05) is 6.07 Å². The molecule has 1 aliphatic rings. The highest BCUT2D eigenvalue weighted by Crippen LogP contribution is 2.27. The van der Waals surface area contributed by atoms with Crippen LogP contribution >= 0.6 is 31.9 Å². The van der Waals surface area contributed by atoms with Crippen molar-refractivity contribution in [2.75, 3.05) is 18.0 Å². The van der Waals surface area contributed by atoms with Crippen molar-refractivity contribution in [2.24, 2.45) is 0 Å². The molecule has 1 aromatic heterocycles. The zero-order valence-corrected chi connectivity index (χ0v) is 11.3. The molecule has 0 atom stereocenters. The summed E-state index contributed by atoms with van der Waals surface area (Å²) in [5.74, 6) is 0.969. The molecule has 2 rings (SSSR count). The quantitative estimate of drug-likeness (QED) is 0.857. The summed E-state index contributed by atoms with van der Waals surface area (Å²) in [7, 11) is 0. The van der Waals surface area contributed by atoms with Crippen molar-refractivity contribution >= 4 is 37.7 Å². The summed E-state index contributed by atoms with van der Waals surface area (Å²) in [6.45, 7) is 1.75. The average molecular weight is 336 g/mol. The molecule has 0 aliphatic carbocycles. The maximum atomic E-state index is 9.41. The number of halogens is 2. The Bertz CT molecular complexity index is 351. The maximum absolute atomic E-state index is 9.41. The first-order valence-corrected chi connectivity index (χ1v) is 6.49. The fraction of sp³-hybridized carbons (Fsp3) is 0.500. The standard InChI is InChI=1S/C10H12Br2N2O/c11-8-5-10(13-6-9(8)12)14-3-1-7(15)2-4-14/h5-7,15H,1-4H2. The fourth-order valence-corrected chi connectivity index (χ4v) is 2.20. The van der Waals surface area contributed by atoms with E-state index in [4.69, 9.17) is 0 Å². The first kappa shape index (κ1) is 11.4. The Labute approximate surface area is 106 Å². The van der Waals surface area contributed by atoms with Gasteiger partial charge in [-0.05, 0) is 50.8 Å². The molecule has 1 N–H and O–H groups in total. The third-order valence-electron chi connectivity index (χ3n) is 2.58. The van der Waals surface area contributed by atoms with E-state index in [9.17, 15) is 5.11 Å². The van der Waals surface area contributed by atoms with Crippen LogP contribution in [0.2, 0.25) is 0 Å². The second kappa shape index (κ2) is 4.80. The summed E-state index contributed by atoms with van der Waals surface area (Å²) in [5.41, 5.74) is 0. The second-order valence-corrected chi connectivity index (χ2v) is 5.38. The molecule has 1 fully saturated rings. The molecule has 0 unspecified atom stereocenters. The molecule has 0 spiro atoms. The van der Waals surface area contributed by atoms with Crippen molar-refractivity contribution in [3.8, 4) is 0 Å². The summed E-state index contributed by atoms with van der Waals surface area (Å²) in [6.07, 6.45) is 3.31. The number of rotatable bonds is 1. The van der Waals surface area contributed by atoms with E-state index >= 15 is 0 Å². The number of piperidine rings is 1. The Hall–Kier alpha value is -0.130. The molecule has 15 heavy (non-hydrogen) atoms. The van der Waals surface area contributed by atoms with Crippen molar-refractivity contribution in [2.45, 2.75) is 18.9 Å². The van der Waals surface area contributed by atoms with Crippen LogP contribution in [0.25, 0.3) is 0 Å². The monoisotopic (exact) mass is 334 g/mol. The van der Waals surface area contributed by atoms with Crippen LogP contribution in [0.3, 0.4) is 0 Å². The van der Waals surface area contributed by atoms with Gasteiger partial charge in [-0.3, -0.25) is 0 Å². The van der Waals surface area contributed by atoms with E-state index in [0.717, 1.165) is 40.7 Å². The van der Waals surface area contributed by atoms with Crippen LogP contribution < -0.4 is 4.90 Å². The summed E-state index contributed by atoms with van der Waals surface area (Å²) in [5, 5.41) is 9.41. The lowest BCUT2D eigenvalue weighted by Gasteiger charge is -2.30. The number of nitrogens with zero attached hydrogens (tertiary/aromatic N) is 2. The lowest BCUT2D eigenvalue weighted by molar-refractivity contribution is 0.145. The molecule has 1 saturated heterocycles. The topological polar surface area (TPSA) is 36.4 Å². The van der Waals surface area contributed by atoms with Crippen molar-refractivity contribution < 1.29 is 5.11 Å². The Kier molecular flexibility index (Phi) is 3.64. The lowest BCUT2D eigenvalue weighted by Crippen LogP contribution is -2.36. The van der Waals surface area contributed by atoms with Gasteiger partial charge in [0.2, 0.25) is 0 Å². The SMILES string of the molecule is OC1CCN(c2cc(Br)c(Br)cn2)CC1. The minimum Gasteiger partial charge on any atom is -0.393 e. The highest BCUT2D eigenvalue weighted by molar-refractivity contribution is 9.13. The van der Waals surface area contributed by atoms with Crippen LogP contribution in [0.1, 0.15) is 12.8 Å². The van der Waals surface area contributed by atoms with Gasteiger partial charge in [0.05, 0.1) is 10.6 Å². The van der Waals surface area contributed by atoms with E-state index < -0.39 is 0 Å². The van der Waals surface area contributed by atoms with E-state index in [1.165, 1.54) is 0 Å². The van der Waals surface area contributed by atoms with Crippen LogP contribution in [0.15, 0.2) is 21.2 Å². The van der Waals surface area contributed by atoms with Crippen molar-refractivity contribution in [3.63, 3.8) is 0 Å². The van der Waals surface area contributed by atoms with E-state index in [2.05, 4.69) is 41.7 Å². The third kappa shape index (κ3) is 2.71. The minimum absolute atomic E-state index is 0.139. The van der Waals surface area contributed by atoms with Crippen LogP contribution in [-0.4, -0.2) is 29.3 Å². The highest BCUT2D eigenvalue weighted by atomic mass is 79.9. The molecular formula is C10H12Br2N2O. The Morgan fingerprint density at radius 1 is 1.27 bits per heavy atom. The van der Waals surface area contributed by atoms with E-state index in [-0.39, 0.29) is 6.10 Å². The summed E-state index contributed by atoms with van der Waals surface area (Å²) >= 11 is 6.86. The lowest BCUT2D eigenvalue weighted by atomic mass is 10.1. The zero-order chi connectivity index (χ0) is 10.8. The predicted octanol–water partition coefficient (Wildman–Crippen LogP) is 2.57. The number of aliphatic hydroxyl groups is 1. The molecular weight excluding hydrogens is 324 g/mol. The fourth-order valence-electron chi connectivity index (χ4n) is 1.67. The molecule has 0 radical (unpaired) electrons. The summed E-state index contributed by atoms with van der Waals surface area (Å²) < 4.78 is 1.97. The van der Waals surface area contributed by atoms with Gasteiger partial charge in [0, 0.05) is 23.8 Å². The summed E-state index contributed by atoms with van der Waals surface area (Å²) in [6, 6.07) is 2.00. The Morgan fingerprint density at radius 3 is 2.53 bits per heavy atom. The molecule has 0 amide bonds. The Balaban J connectivity index is 2.12. The molecule has 2 heterocycles. The predicted molar refractivity (Wildman–Crippen MR) is 67.1 cm³/mol. The van der Waals surface area contributed by atoms with Gasteiger partial charge >= 0.3 is 0 Å². The number of hydrogen-bond acceptors (Lipinski definition) is 3. The van der Waals surface area contributed by atoms with Gasteiger partial charge in [0.1, 0.15) is 5.82 Å². The summed E-state index contributed by atoms with van der Waals surface area (Å²) in [4.78, 5) is 6.55. The normalized spacial score (nSPS) is 18.2. The van der Waals surface area contributed by atoms with Crippen LogP contribution in [0, 0.1) is 0 Å². The molecule has 1 aliphatic heterocycles. The van der Waals surface area contributed by atoms with Crippen molar-refractivity contribution in [1.29, 1.82) is 0 Å². The van der Waals surface area contributed by atoms with Crippen LogP contribution in [0.4, 0.5) is 5.82 Å². The first-order chi connectivity index (χ1) is 7.16. The molecule has 82 valence electrons. The zero-order valence-electron chi connectivity index (χ0n) is 8.16. The minimum atomic E-state index is -0.139. The van der Waals surface area contributed by atoms with Gasteiger partial charge in [0.25, 0.3) is 0 Å². The van der Waals surface area contributed by atoms with Crippen LogP contribution in [0.5, 0.6) is 0 Å². The molecule has 5 heteroatoms. The molecule has 0 bridgehead atoms. The number of hydrogen-bond donors (Lipinski definition) is 1. The largest absolute Gasteiger partial charge is 0.393 e. The van der Waals surface area contributed by atoms with Gasteiger partial charge in [0.15, 0.2) is 0 Å². The maximum Gasteiger partial charge on any atom is 0.129 e. The van der Waals surface area contributed by atoms with Gasteiger partial charge in [-0.15, -0.1) is 0 Å². The second-order valence-electron chi connectivity index (χ2n) is 3.67. The Morgan fingerprint density at radius 2 is 1.93 bits per heavy atom. The molecule has 0 saturated carbocycles. The number of pyridine rings is 1. The van der Waals surface area contributed by atoms with Crippen molar-refractivity contribution in [3.05, 3.63) is 21.2 Å². The molecule has 0 aromatic carbocycles. The first-order valence-electron chi connectivity index (χ1n) is 4.91. The van der Waals surface area contributed by atoms with Crippen LogP contribution in [-0.2, 0) is 0 Å². The molecule has 1 aromatic rings. The number of aliphatic hydroxyl groups excluding tert-OH is 1. The van der Waals surface area contributed by atoms with Gasteiger partial charge in [-0.2, -0.15) is 0 Å². The van der Waals surface area contributed by atoms with E-state index in [1.54, 1.807) is 6.20 Å². The van der Waals surface area contributed by atoms with Gasteiger partial charge < -0.3 is 10.0 Å². The van der Waals surface area contributed by atoms with Gasteiger partial charge in [-0.1, -0.05) is 0 Å². The third-order valence-corrected chi connectivity index (χ3v) is 4.40. The smallest absolute Gasteiger partial charge is 0.129 e. The number of anilines is 1. The molecule has 3 nitrogen and oxygen atoms in total.